The summed E-state index contributed by atoms with van der Waals surface area (Å²) in [4.78, 5) is 17.8. The van der Waals surface area contributed by atoms with Gasteiger partial charge in [-0.1, -0.05) is 6.07 Å². The largest absolute Gasteiger partial charge is 0.497 e. The summed E-state index contributed by atoms with van der Waals surface area (Å²) in [6.07, 6.45) is 1.44. The number of nitrogens with zero attached hydrogens (tertiary/aromatic N) is 3. The number of anilines is 2. The molecule has 1 atom stereocenters. The van der Waals surface area contributed by atoms with Crippen molar-refractivity contribution in [2.24, 2.45) is 0 Å². The number of benzene rings is 2. The Bertz CT molecular complexity index is 1220. The average Bonchev–Trinajstić information content (AvgIpc) is 3.30. The molecule has 0 unspecified atom stereocenters. The molecule has 3 aromatic rings. The molecule has 10 heteroatoms. The first-order valence-corrected chi connectivity index (χ1v) is 10.1. The second-order valence-corrected chi connectivity index (χ2v) is 7.23. The molecule has 2 aromatic carbocycles. The van der Waals surface area contributed by atoms with E-state index in [-0.39, 0.29) is 5.91 Å². The van der Waals surface area contributed by atoms with Gasteiger partial charge in [0, 0.05) is 11.8 Å². The lowest BCUT2D eigenvalue weighted by molar-refractivity contribution is -0.113. The maximum Gasteiger partial charge on any atom is 0.255 e. The summed E-state index contributed by atoms with van der Waals surface area (Å²) < 4.78 is 23.2. The molecule has 1 amide bonds. The van der Waals surface area contributed by atoms with Crippen molar-refractivity contribution in [3.05, 3.63) is 59.6 Å². The van der Waals surface area contributed by atoms with Crippen LogP contribution in [0.3, 0.4) is 0 Å². The van der Waals surface area contributed by atoms with Crippen molar-refractivity contribution in [1.29, 1.82) is 0 Å². The van der Waals surface area contributed by atoms with Crippen LogP contribution in [0.25, 0.3) is 0 Å². The number of allylic oxidation sites excluding steroid dienone is 1. The Morgan fingerprint density at radius 1 is 0.970 bits per heavy atom. The number of carbonyl (C=O) groups is 1. The number of hydrogen-bond donors (Lipinski definition) is 2. The number of methoxy groups -OCH3 is 4. The fraction of sp³-hybridized carbons (Fsp3) is 0.261. The second kappa shape index (κ2) is 9.11. The molecule has 172 valence electrons. The Labute approximate surface area is 191 Å². The van der Waals surface area contributed by atoms with E-state index in [9.17, 15) is 4.79 Å². The van der Waals surface area contributed by atoms with E-state index < -0.39 is 6.04 Å². The minimum atomic E-state index is -0.548. The summed E-state index contributed by atoms with van der Waals surface area (Å²) in [5.41, 5.74) is 2.42. The summed E-state index contributed by atoms with van der Waals surface area (Å²) in [5, 5.41) is 10.5. The van der Waals surface area contributed by atoms with E-state index in [4.69, 9.17) is 18.9 Å². The molecule has 0 bridgehead atoms. The van der Waals surface area contributed by atoms with Gasteiger partial charge in [-0.15, -0.1) is 0 Å². The zero-order chi connectivity index (χ0) is 23.5. The highest BCUT2D eigenvalue weighted by molar-refractivity contribution is 6.06. The van der Waals surface area contributed by atoms with Crippen LogP contribution >= 0.6 is 0 Å². The van der Waals surface area contributed by atoms with Gasteiger partial charge in [0.15, 0.2) is 11.5 Å². The van der Waals surface area contributed by atoms with Crippen LogP contribution in [0.1, 0.15) is 18.5 Å². The van der Waals surface area contributed by atoms with Gasteiger partial charge in [-0.2, -0.15) is 10.1 Å². The Hall–Kier alpha value is -4.21. The molecular weight excluding hydrogens is 426 g/mol. The predicted octanol–water partition coefficient (Wildman–Crippen LogP) is 3.24. The molecule has 10 nitrogen and oxygen atoms in total. The van der Waals surface area contributed by atoms with Gasteiger partial charge in [-0.25, -0.2) is 4.68 Å². The van der Waals surface area contributed by atoms with E-state index in [2.05, 4.69) is 20.7 Å². The van der Waals surface area contributed by atoms with Crippen LogP contribution in [0.2, 0.25) is 0 Å². The highest BCUT2D eigenvalue weighted by Crippen LogP contribution is 2.39. The highest BCUT2D eigenvalue weighted by Gasteiger charge is 2.34. The number of aromatic nitrogens is 3. The fourth-order valence-corrected chi connectivity index (χ4v) is 3.81. The van der Waals surface area contributed by atoms with Gasteiger partial charge < -0.3 is 29.6 Å². The van der Waals surface area contributed by atoms with Gasteiger partial charge in [0.05, 0.1) is 39.7 Å². The number of carbonyl (C=O) groups excluding carboxylic acids is 1. The number of ether oxygens (including phenoxy) is 4. The standard InChI is InChI=1S/C23H25N5O5/c1-13-20(22(29)27-16-8-7-15(30-2)11-18(16)32-4)21(28-23(26-13)24-12-25-28)14-6-9-17(31-3)19(10-14)33-5/h6-12,21H,1-5H3,(H,27,29)(H,24,25,26)/t21-/m1/s1. The Morgan fingerprint density at radius 3 is 2.42 bits per heavy atom. The first-order chi connectivity index (χ1) is 16.0. The number of hydrogen-bond acceptors (Lipinski definition) is 8. The van der Waals surface area contributed by atoms with Crippen LogP contribution in [0, 0.1) is 0 Å². The normalized spacial score (nSPS) is 14.8. The summed E-state index contributed by atoms with van der Waals surface area (Å²) in [5.74, 6) is 2.45. The Balaban J connectivity index is 1.77. The zero-order valence-corrected chi connectivity index (χ0v) is 19.0. The number of rotatable bonds is 7. The van der Waals surface area contributed by atoms with Gasteiger partial charge in [-0.05, 0) is 36.8 Å². The molecule has 1 aromatic heterocycles. The summed E-state index contributed by atoms with van der Waals surface area (Å²) in [7, 11) is 6.24. The van der Waals surface area contributed by atoms with E-state index >= 15 is 0 Å². The molecule has 0 saturated carbocycles. The molecule has 1 aliphatic heterocycles. The topological polar surface area (TPSA) is 109 Å². The van der Waals surface area contributed by atoms with E-state index in [1.807, 2.05) is 19.1 Å². The van der Waals surface area contributed by atoms with Gasteiger partial charge in [0.25, 0.3) is 5.91 Å². The van der Waals surface area contributed by atoms with Crippen molar-refractivity contribution in [3.8, 4) is 23.0 Å². The van der Waals surface area contributed by atoms with E-state index in [1.54, 1.807) is 50.3 Å². The molecule has 0 saturated heterocycles. The first kappa shape index (κ1) is 22.0. The van der Waals surface area contributed by atoms with Crippen molar-refractivity contribution >= 4 is 17.5 Å². The lowest BCUT2D eigenvalue weighted by Crippen LogP contribution is -2.31. The quantitative estimate of drug-likeness (QED) is 0.564. The van der Waals surface area contributed by atoms with E-state index in [0.717, 1.165) is 5.56 Å². The SMILES string of the molecule is COc1ccc(NC(=O)C2=C(C)Nc3ncnn3[C@@H]2c2ccc(OC)c(OC)c2)c(OC)c1. The molecule has 0 fully saturated rings. The molecule has 0 spiro atoms. The number of fused-ring (bicyclic) bond motifs is 1. The number of nitrogens with one attached hydrogen (secondary N) is 2. The van der Waals surface area contributed by atoms with E-state index in [0.29, 0.717) is 45.9 Å². The van der Waals surface area contributed by atoms with Crippen LogP contribution in [0.4, 0.5) is 11.6 Å². The summed E-state index contributed by atoms with van der Waals surface area (Å²) in [6, 6.07) is 10.1. The van der Waals surface area contributed by atoms with Gasteiger partial charge >= 0.3 is 0 Å². The van der Waals surface area contributed by atoms with Crippen molar-refractivity contribution in [3.63, 3.8) is 0 Å². The summed E-state index contributed by atoms with van der Waals surface area (Å²) >= 11 is 0. The van der Waals surface area contributed by atoms with Crippen molar-refractivity contribution in [2.75, 3.05) is 39.1 Å². The van der Waals surface area contributed by atoms with Crippen LogP contribution in [-0.4, -0.2) is 49.1 Å². The maximum absolute atomic E-state index is 13.6. The fourth-order valence-electron chi connectivity index (χ4n) is 3.81. The zero-order valence-electron chi connectivity index (χ0n) is 19.0. The predicted molar refractivity (Wildman–Crippen MR) is 122 cm³/mol. The maximum atomic E-state index is 13.6. The lowest BCUT2D eigenvalue weighted by Gasteiger charge is -2.29. The molecule has 1 aliphatic rings. The molecule has 0 radical (unpaired) electrons. The van der Waals surface area contributed by atoms with Crippen LogP contribution in [-0.2, 0) is 4.79 Å². The van der Waals surface area contributed by atoms with Crippen molar-refractivity contribution in [2.45, 2.75) is 13.0 Å². The van der Waals surface area contributed by atoms with Crippen molar-refractivity contribution < 1.29 is 23.7 Å². The smallest absolute Gasteiger partial charge is 0.255 e. The van der Waals surface area contributed by atoms with Crippen LogP contribution in [0.15, 0.2) is 54.0 Å². The number of amides is 1. The molecule has 2 heterocycles. The average molecular weight is 451 g/mol. The minimum Gasteiger partial charge on any atom is -0.497 e. The van der Waals surface area contributed by atoms with Crippen LogP contribution < -0.4 is 29.6 Å². The Kier molecular flexibility index (Phi) is 6.07. The second-order valence-electron chi connectivity index (χ2n) is 7.23. The molecule has 0 aliphatic carbocycles. The lowest BCUT2D eigenvalue weighted by atomic mass is 9.94. The monoisotopic (exact) mass is 451 g/mol. The molecule has 2 N–H and O–H groups in total. The van der Waals surface area contributed by atoms with Crippen LogP contribution in [0.5, 0.6) is 23.0 Å². The van der Waals surface area contributed by atoms with Gasteiger partial charge in [0.2, 0.25) is 5.95 Å². The van der Waals surface area contributed by atoms with Gasteiger partial charge in [-0.3, -0.25) is 4.79 Å². The van der Waals surface area contributed by atoms with Gasteiger partial charge in [0.1, 0.15) is 23.9 Å². The third-order valence-corrected chi connectivity index (χ3v) is 5.42. The molecule has 4 rings (SSSR count). The van der Waals surface area contributed by atoms with Crippen molar-refractivity contribution in [1.82, 2.24) is 14.8 Å². The molecular formula is C23H25N5O5. The molecule has 33 heavy (non-hydrogen) atoms. The summed E-state index contributed by atoms with van der Waals surface area (Å²) in [6.45, 7) is 1.83. The minimum absolute atomic E-state index is 0.315. The highest BCUT2D eigenvalue weighted by atomic mass is 16.5. The third kappa shape index (κ3) is 4.02. The third-order valence-electron chi connectivity index (χ3n) is 5.42. The van der Waals surface area contributed by atoms with E-state index in [1.165, 1.54) is 13.4 Å². The Morgan fingerprint density at radius 2 is 1.73 bits per heavy atom. The first-order valence-electron chi connectivity index (χ1n) is 10.1.